The van der Waals surface area contributed by atoms with Gasteiger partial charge in [-0.1, -0.05) is 36.9 Å². The second-order valence-electron chi connectivity index (χ2n) is 4.83. The van der Waals surface area contributed by atoms with Crippen LogP contribution in [0.3, 0.4) is 0 Å². The first-order valence-corrected chi connectivity index (χ1v) is 8.43. The largest absolute Gasteiger partial charge is 0.460 e. The van der Waals surface area contributed by atoms with E-state index in [0.29, 0.717) is 23.1 Å². The second kappa shape index (κ2) is 6.87. The van der Waals surface area contributed by atoms with Crippen molar-refractivity contribution in [1.29, 1.82) is 0 Å². The lowest BCUT2D eigenvalue weighted by Crippen LogP contribution is -2.05. The number of esters is 1. The van der Waals surface area contributed by atoms with Crippen LogP contribution in [0, 0.1) is 0 Å². The lowest BCUT2D eigenvalue weighted by atomic mass is 10.1. The van der Waals surface area contributed by atoms with Gasteiger partial charge in [-0.15, -0.1) is 5.10 Å². The molecule has 0 saturated carbocycles. The lowest BCUT2D eigenvalue weighted by Gasteiger charge is -2.01. The molecule has 2 heterocycles. The average molecular weight is 331 g/mol. The van der Waals surface area contributed by atoms with Gasteiger partial charge in [0.2, 0.25) is 10.9 Å². The topological polar surface area (TPSA) is 81.0 Å². The molecule has 0 radical (unpaired) electrons. The minimum Gasteiger partial charge on any atom is -0.460 e. The molecular weight excluding hydrogens is 314 g/mol. The summed E-state index contributed by atoms with van der Waals surface area (Å²) in [7, 11) is 0. The smallest absolute Gasteiger partial charge is 0.374 e. The highest BCUT2D eigenvalue weighted by molar-refractivity contribution is 7.98. The fourth-order valence-electron chi connectivity index (χ4n) is 2.24. The van der Waals surface area contributed by atoms with E-state index in [-0.39, 0.29) is 5.76 Å². The van der Waals surface area contributed by atoms with Gasteiger partial charge in [0.25, 0.3) is 0 Å². The monoisotopic (exact) mass is 331 g/mol. The molecule has 3 rings (SSSR count). The number of furan rings is 1. The molecule has 0 atom stereocenters. The van der Waals surface area contributed by atoms with Gasteiger partial charge in [-0.2, -0.15) is 0 Å². The predicted octanol–water partition coefficient (Wildman–Crippen LogP) is 3.58. The van der Waals surface area contributed by atoms with Crippen LogP contribution in [-0.2, 0) is 16.9 Å². The van der Waals surface area contributed by atoms with Crippen LogP contribution in [0.15, 0.2) is 33.8 Å². The molecule has 3 aromatic rings. The fraction of sp³-hybridized carbons (Fsp3) is 0.312. The van der Waals surface area contributed by atoms with E-state index < -0.39 is 5.97 Å². The molecule has 1 aromatic carbocycles. The number of carbonyl (C=O) groups excluding carboxylic acids is 1. The summed E-state index contributed by atoms with van der Waals surface area (Å²) in [5, 5.41) is 8.61. The van der Waals surface area contributed by atoms with Crippen molar-refractivity contribution in [3.8, 4) is 0 Å². The van der Waals surface area contributed by atoms with Gasteiger partial charge in [0.15, 0.2) is 0 Å². The Morgan fingerprint density at radius 3 is 2.91 bits per heavy atom. The van der Waals surface area contributed by atoms with Gasteiger partial charge < -0.3 is 9.15 Å². The van der Waals surface area contributed by atoms with Gasteiger partial charge in [-0.05, 0) is 13.0 Å². The molecule has 6 nitrogen and oxygen atoms in total. The number of H-pyrrole nitrogens is 1. The Balaban J connectivity index is 1.90. The van der Waals surface area contributed by atoms with E-state index in [1.54, 1.807) is 6.92 Å². The maximum Gasteiger partial charge on any atom is 0.374 e. The number of rotatable bonds is 6. The number of hydrogen-bond donors (Lipinski definition) is 1. The summed E-state index contributed by atoms with van der Waals surface area (Å²) in [6.07, 6.45) is 0.802. The Labute approximate surface area is 137 Å². The highest BCUT2D eigenvalue weighted by Gasteiger charge is 2.22. The maximum absolute atomic E-state index is 12.1. The lowest BCUT2D eigenvalue weighted by molar-refractivity contribution is 0.0491. The summed E-state index contributed by atoms with van der Waals surface area (Å²) in [5.74, 6) is 1.19. The number of para-hydroxylation sites is 1. The van der Waals surface area contributed by atoms with Crippen LogP contribution in [0.1, 0.15) is 35.8 Å². The first-order chi connectivity index (χ1) is 11.2. The van der Waals surface area contributed by atoms with Crippen LogP contribution in [0.4, 0.5) is 0 Å². The Bertz CT molecular complexity index is 825. The number of fused-ring (bicyclic) bond motifs is 1. The number of nitrogens with one attached hydrogen (secondary N) is 1. The summed E-state index contributed by atoms with van der Waals surface area (Å²) >= 11 is 1.46. The van der Waals surface area contributed by atoms with E-state index in [0.717, 1.165) is 23.2 Å². The molecule has 0 spiro atoms. The van der Waals surface area contributed by atoms with Crippen LogP contribution < -0.4 is 0 Å². The normalized spacial score (nSPS) is 11.0. The third-order valence-electron chi connectivity index (χ3n) is 3.35. The molecule has 0 amide bonds. The molecular formula is C16H17N3O3S. The van der Waals surface area contributed by atoms with Gasteiger partial charge >= 0.3 is 5.97 Å². The number of hydrogen-bond acceptors (Lipinski definition) is 6. The van der Waals surface area contributed by atoms with Crippen molar-refractivity contribution in [3.63, 3.8) is 0 Å². The number of aromatic amines is 1. The number of thioether (sulfide) groups is 1. The van der Waals surface area contributed by atoms with Crippen molar-refractivity contribution in [2.75, 3.05) is 6.61 Å². The Morgan fingerprint density at radius 2 is 2.17 bits per heavy atom. The fourth-order valence-corrected chi connectivity index (χ4v) is 3.09. The van der Waals surface area contributed by atoms with Crippen LogP contribution in [0.2, 0.25) is 0 Å². The van der Waals surface area contributed by atoms with Gasteiger partial charge in [0.1, 0.15) is 11.4 Å². The molecule has 2 aromatic heterocycles. The summed E-state index contributed by atoms with van der Waals surface area (Å²) in [6, 6.07) is 7.57. The first-order valence-electron chi connectivity index (χ1n) is 7.44. The van der Waals surface area contributed by atoms with Crippen LogP contribution in [0.5, 0.6) is 0 Å². The van der Waals surface area contributed by atoms with E-state index in [4.69, 9.17) is 9.15 Å². The Kier molecular flexibility index (Phi) is 4.66. The minimum absolute atomic E-state index is 0.256. The van der Waals surface area contributed by atoms with E-state index in [2.05, 4.69) is 15.2 Å². The molecule has 0 fully saturated rings. The molecule has 120 valence electrons. The molecule has 0 unspecified atom stereocenters. The van der Waals surface area contributed by atoms with Crippen molar-refractivity contribution in [2.45, 2.75) is 31.2 Å². The van der Waals surface area contributed by atoms with Crippen LogP contribution >= 0.6 is 11.8 Å². The number of carbonyl (C=O) groups is 1. The van der Waals surface area contributed by atoms with E-state index in [1.165, 1.54) is 11.8 Å². The zero-order valence-corrected chi connectivity index (χ0v) is 13.8. The van der Waals surface area contributed by atoms with Crippen LogP contribution in [0.25, 0.3) is 11.0 Å². The highest BCUT2D eigenvalue weighted by atomic mass is 32.2. The van der Waals surface area contributed by atoms with E-state index >= 15 is 0 Å². The molecule has 7 heteroatoms. The number of ether oxygens (including phenoxy) is 1. The van der Waals surface area contributed by atoms with Crippen LogP contribution in [-0.4, -0.2) is 27.8 Å². The molecule has 0 aliphatic rings. The number of nitrogens with zero attached hydrogens (tertiary/aromatic N) is 2. The summed E-state index contributed by atoms with van der Waals surface area (Å²) < 4.78 is 10.8. The predicted molar refractivity (Wildman–Crippen MR) is 87.5 cm³/mol. The second-order valence-corrected chi connectivity index (χ2v) is 5.78. The summed E-state index contributed by atoms with van der Waals surface area (Å²) in [5.41, 5.74) is 1.49. The number of aryl methyl sites for hydroxylation is 1. The third kappa shape index (κ3) is 3.24. The van der Waals surface area contributed by atoms with Gasteiger partial charge in [0, 0.05) is 23.1 Å². The SMILES string of the molecule is CCOC(=O)c1oc2ccccc2c1CSc1n[nH]c(CC)n1. The molecule has 1 N–H and O–H groups in total. The van der Waals surface area contributed by atoms with Gasteiger partial charge in [-0.3, -0.25) is 5.10 Å². The highest BCUT2D eigenvalue weighted by Crippen LogP contribution is 2.31. The van der Waals surface area contributed by atoms with Crippen molar-refractivity contribution in [2.24, 2.45) is 0 Å². The number of benzene rings is 1. The maximum atomic E-state index is 12.1. The molecule has 0 bridgehead atoms. The zero-order chi connectivity index (χ0) is 16.2. The Morgan fingerprint density at radius 1 is 1.35 bits per heavy atom. The summed E-state index contributed by atoms with van der Waals surface area (Å²) in [4.78, 5) is 16.5. The standard InChI is InChI=1S/C16H17N3O3S/c1-3-13-17-16(19-18-13)23-9-11-10-7-5-6-8-12(10)22-14(11)15(20)21-4-2/h5-8H,3-4,9H2,1-2H3,(H,17,18,19). The van der Waals surface area contributed by atoms with Crippen molar-refractivity contribution in [1.82, 2.24) is 15.2 Å². The Hall–Kier alpha value is -2.28. The average Bonchev–Trinajstić information content (AvgIpc) is 3.17. The number of aromatic nitrogens is 3. The zero-order valence-electron chi connectivity index (χ0n) is 13.0. The van der Waals surface area contributed by atoms with Crippen molar-refractivity contribution >= 4 is 28.7 Å². The molecule has 0 saturated heterocycles. The molecule has 0 aliphatic carbocycles. The van der Waals surface area contributed by atoms with Crippen molar-refractivity contribution in [3.05, 3.63) is 41.4 Å². The molecule has 23 heavy (non-hydrogen) atoms. The summed E-state index contributed by atoms with van der Waals surface area (Å²) in [6.45, 7) is 4.09. The van der Waals surface area contributed by atoms with Gasteiger partial charge in [-0.25, -0.2) is 9.78 Å². The van der Waals surface area contributed by atoms with E-state index in [9.17, 15) is 4.79 Å². The molecule has 0 aliphatic heterocycles. The first kappa shape index (κ1) is 15.6. The quantitative estimate of drug-likeness (QED) is 0.549. The van der Waals surface area contributed by atoms with Crippen molar-refractivity contribution < 1.29 is 13.9 Å². The van der Waals surface area contributed by atoms with E-state index in [1.807, 2.05) is 31.2 Å². The minimum atomic E-state index is -0.441. The van der Waals surface area contributed by atoms with Gasteiger partial charge in [0.05, 0.1) is 6.61 Å². The third-order valence-corrected chi connectivity index (χ3v) is 4.22.